The summed E-state index contributed by atoms with van der Waals surface area (Å²) in [5.74, 6) is -1.17. The van der Waals surface area contributed by atoms with Crippen LogP contribution in [-0.4, -0.2) is 30.0 Å². The van der Waals surface area contributed by atoms with Crippen LogP contribution in [0.1, 0.15) is 12.0 Å². The van der Waals surface area contributed by atoms with Crippen molar-refractivity contribution < 1.29 is 26.7 Å². The van der Waals surface area contributed by atoms with Gasteiger partial charge in [0.1, 0.15) is 12.2 Å². The molecule has 0 spiro atoms. The van der Waals surface area contributed by atoms with Crippen molar-refractivity contribution in [3.63, 3.8) is 0 Å². The summed E-state index contributed by atoms with van der Waals surface area (Å²) in [5, 5.41) is 0. The van der Waals surface area contributed by atoms with Crippen molar-refractivity contribution in [2.75, 3.05) is 12.4 Å². The van der Waals surface area contributed by atoms with E-state index >= 15 is 0 Å². The van der Waals surface area contributed by atoms with E-state index in [1.54, 1.807) is 0 Å². The second kappa shape index (κ2) is 5.01. The number of nitrogens with two attached hydrogens (primary N) is 2. The zero-order chi connectivity index (χ0) is 15.8. The van der Waals surface area contributed by atoms with Gasteiger partial charge in [-0.15, -0.1) is 0 Å². The topological polar surface area (TPSA) is 86.5 Å². The van der Waals surface area contributed by atoms with E-state index in [1.807, 2.05) is 0 Å². The summed E-state index contributed by atoms with van der Waals surface area (Å²) < 4.78 is 70.0. The molecule has 10 heteroatoms. The summed E-state index contributed by atoms with van der Waals surface area (Å²) in [5.41, 5.74) is 7.90. The Morgan fingerprint density at radius 2 is 2.05 bits per heavy atom. The molecule has 2 unspecified atom stereocenters. The first-order chi connectivity index (χ1) is 9.68. The molecule has 0 saturated heterocycles. The molecule has 1 aliphatic heterocycles. The zero-order valence-corrected chi connectivity index (χ0v) is 10.5. The molecule has 0 aliphatic carbocycles. The molecule has 1 aliphatic rings. The Hall–Kier alpha value is -2.13. The van der Waals surface area contributed by atoms with Gasteiger partial charge in [-0.3, -0.25) is 0 Å². The quantitative estimate of drug-likeness (QED) is 0.642. The van der Waals surface area contributed by atoms with Crippen LogP contribution in [0.15, 0.2) is 17.3 Å². The number of aliphatic imine (C=N–C) groups is 1. The van der Waals surface area contributed by atoms with Gasteiger partial charge in [-0.25, -0.2) is 14.4 Å². The van der Waals surface area contributed by atoms with E-state index in [0.29, 0.717) is 0 Å². The van der Waals surface area contributed by atoms with Crippen LogP contribution in [0.3, 0.4) is 0 Å². The first-order valence-electron chi connectivity index (χ1n) is 5.74. The van der Waals surface area contributed by atoms with Gasteiger partial charge < -0.3 is 16.2 Å². The number of halogens is 5. The second-order valence-electron chi connectivity index (χ2n) is 4.57. The van der Waals surface area contributed by atoms with Gasteiger partial charge in [-0.05, 0) is 6.07 Å². The fraction of sp³-hybridized carbons (Fsp3) is 0.455. The van der Waals surface area contributed by atoms with Crippen LogP contribution < -0.4 is 11.5 Å². The maximum absolute atomic E-state index is 13.8. The van der Waals surface area contributed by atoms with Crippen LogP contribution in [0.4, 0.5) is 27.6 Å². The third kappa shape index (κ3) is 2.83. The fourth-order valence-electron chi connectivity index (χ4n) is 2.08. The number of rotatable bonds is 2. The average Bonchev–Trinajstić information content (AvgIpc) is 2.39. The van der Waals surface area contributed by atoms with Gasteiger partial charge in [-0.2, -0.15) is 17.6 Å². The highest BCUT2D eigenvalue weighted by Crippen LogP contribution is 2.41. The number of pyridine rings is 1. The van der Waals surface area contributed by atoms with Crippen molar-refractivity contribution in [3.8, 4) is 0 Å². The van der Waals surface area contributed by atoms with Crippen LogP contribution in [0, 0.1) is 5.95 Å². The van der Waals surface area contributed by atoms with Crippen molar-refractivity contribution in [2.24, 2.45) is 10.7 Å². The standard InChI is InChI=1S/C11H11F5N4O/c12-4-10(6-1-5(17)3-19-8(6)13)2-7(11(14,15)16)21-9(18)20-10/h1,3,7H,2,4,17H2,(H2,18,20). The van der Waals surface area contributed by atoms with Gasteiger partial charge >= 0.3 is 6.18 Å². The lowest BCUT2D eigenvalue weighted by atomic mass is 9.85. The molecule has 0 aromatic carbocycles. The maximum Gasteiger partial charge on any atom is 0.425 e. The minimum Gasteiger partial charge on any atom is -0.452 e. The number of ether oxygens (including phenoxy) is 1. The summed E-state index contributed by atoms with van der Waals surface area (Å²) in [6, 6.07) is 0.111. The highest BCUT2D eigenvalue weighted by molar-refractivity contribution is 5.73. The Labute approximate surface area is 115 Å². The van der Waals surface area contributed by atoms with E-state index in [2.05, 4.69) is 14.7 Å². The number of nitrogen functional groups attached to an aromatic ring is 1. The lowest BCUT2D eigenvalue weighted by Crippen LogP contribution is -2.48. The number of anilines is 1. The predicted molar refractivity (Wildman–Crippen MR) is 63.4 cm³/mol. The van der Waals surface area contributed by atoms with E-state index < -0.39 is 48.4 Å². The number of amidine groups is 1. The van der Waals surface area contributed by atoms with Crippen LogP contribution >= 0.6 is 0 Å². The Kier molecular flexibility index (Phi) is 3.64. The molecule has 2 heterocycles. The van der Waals surface area contributed by atoms with E-state index in [-0.39, 0.29) is 5.69 Å². The first kappa shape index (κ1) is 15.3. The minimum absolute atomic E-state index is 0.0388. The van der Waals surface area contributed by atoms with Crippen LogP contribution in [0.5, 0.6) is 0 Å². The maximum atomic E-state index is 13.8. The van der Waals surface area contributed by atoms with Crippen molar-refractivity contribution in [1.29, 1.82) is 0 Å². The van der Waals surface area contributed by atoms with Gasteiger partial charge in [0.15, 0.2) is 6.10 Å². The summed E-state index contributed by atoms with van der Waals surface area (Å²) in [4.78, 5) is 6.80. The Morgan fingerprint density at radius 3 is 2.62 bits per heavy atom. The summed E-state index contributed by atoms with van der Waals surface area (Å²) >= 11 is 0. The van der Waals surface area contributed by atoms with Gasteiger partial charge in [0, 0.05) is 12.0 Å². The van der Waals surface area contributed by atoms with Crippen molar-refractivity contribution in [3.05, 3.63) is 23.8 Å². The van der Waals surface area contributed by atoms with Crippen molar-refractivity contribution in [1.82, 2.24) is 4.98 Å². The highest BCUT2D eigenvalue weighted by atomic mass is 19.4. The summed E-state index contributed by atoms with van der Waals surface area (Å²) in [6.45, 7) is -1.41. The molecular formula is C11H11F5N4O. The van der Waals surface area contributed by atoms with Crippen LogP contribution in [0.2, 0.25) is 0 Å². The summed E-state index contributed by atoms with van der Waals surface area (Å²) in [7, 11) is 0. The number of nitrogens with zero attached hydrogens (tertiary/aromatic N) is 2. The predicted octanol–water partition coefficient (Wildman–Crippen LogP) is 1.63. The molecule has 1 aromatic rings. The third-order valence-corrected chi connectivity index (χ3v) is 3.06. The molecule has 0 bridgehead atoms. The highest BCUT2D eigenvalue weighted by Gasteiger charge is 2.52. The smallest absolute Gasteiger partial charge is 0.425 e. The first-order valence-corrected chi connectivity index (χ1v) is 5.74. The van der Waals surface area contributed by atoms with Crippen molar-refractivity contribution in [2.45, 2.75) is 24.2 Å². The summed E-state index contributed by atoms with van der Waals surface area (Å²) in [6.07, 6.45) is -7.20. The Morgan fingerprint density at radius 1 is 1.38 bits per heavy atom. The number of alkyl halides is 4. The SMILES string of the molecule is NC1=NC(CF)(c2cc(N)cnc2F)CC(C(F)(F)F)O1. The van der Waals surface area contributed by atoms with Crippen LogP contribution in [-0.2, 0) is 10.3 Å². The minimum atomic E-state index is -4.80. The van der Waals surface area contributed by atoms with Gasteiger partial charge in [0.2, 0.25) is 5.95 Å². The molecule has 21 heavy (non-hydrogen) atoms. The van der Waals surface area contributed by atoms with Gasteiger partial charge in [0.05, 0.1) is 11.9 Å². The average molecular weight is 310 g/mol. The Balaban J connectivity index is 2.54. The largest absolute Gasteiger partial charge is 0.452 e. The number of hydrogen-bond donors (Lipinski definition) is 2. The lowest BCUT2D eigenvalue weighted by molar-refractivity contribution is -0.209. The molecule has 0 fully saturated rings. The lowest BCUT2D eigenvalue weighted by Gasteiger charge is -2.36. The molecule has 0 saturated carbocycles. The van der Waals surface area contributed by atoms with Gasteiger partial charge in [-0.1, -0.05) is 0 Å². The zero-order valence-electron chi connectivity index (χ0n) is 10.5. The Bertz CT molecular complexity index is 576. The van der Waals surface area contributed by atoms with Gasteiger partial charge in [0.25, 0.3) is 6.02 Å². The molecule has 116 valence electrons. The number of aromatic nitrogens is 1. The molecule has 2 rings (SSSR count). The molecule has 4 N–H and O–H groups in total. The number of hydrogen-bond acceptors (Lipinski definition) is 5. The molecule has 1 aromatic heterocycles. The van der Waals surface area contributed by atoms with E-state index in [1.165, 1.54) is 0 Å². The molecule has 0 amide bonds. The van der Waals surface area contributed by atoms with Crippen molar-refractivity contribution >= 4 is 11.7 Å². The molecule has 0 radical (unpaired) electrons. The van der Waals surface area contributed by atoms with Crippen LogP contribution in [0.25, 0.3) is 0 Å². The molecule has 5 nitrogen and oxygen atoms in total. The third-order valence-electron chi connectivity index (χ3n) is 3.06. The van der Waals surface area contributed by atoms with E-state index in [4.69, 9.17) is 11.5 Å². The second-order valence-corrected chi connectivity index (χ2v) is 4.57. The fourth-order valence-corrected chi connectivity index (χ4v) is 2.08. The molecule has 2 atom stereocenters. The van der Waals surface area contributed by atoms with E-state index in [9.17, 15) is 22.0 Å². The monoisotopic (exact) mass is 310 g/mol. The van der Waals surface area contributed by atoms with E-state index in [0.717, 1.165) is 12.3 Å². The normalized spacial score (nSPS) is 26.1. The molecular weight excluding hydrogens is 299 g/mol.